The summed E-state index contributed by atoms with van der Waals surface area (Å²) in [5, 5.41) is 16.7. The van der Waals surface area contributed by atoms with Gasteiger partial charge in [-0.1, -0.05) is 25.7 Å². The van der Waals surface area contributed by atoms with Gasteiger partial charge in [-0.3, -0.25) is 4.79 Å². The maximum absolute atomic E-state index is 12.0. The summed E-state index contributed by atoms with van der Waals surface area (Å²) in [4.78, 5) is 12.0. The molecule has 1 aliphatic carbocycles. The molecule has 0 aromatic heterocycles. The van der Waals surface area contributed by atoms with Crippen LogP contribution in [0.2, 0.25) is 0 Å². The quantitative estimate of drug-likeness (QED) is 0.663. The third-order valence-corrected chi connectivity index (χ3v) is 4.29. The first kappa shape index (κ1) is 13.8. The van der Waals surface area contributed by atoms with Crippen LogP contribution in [0.3, 0.4) is 0 Å². The Bertz CT molecular complexity index is 267. The third kappa shape index (κ3) is 3.95. The molecule has 2 fully saturated rings. The second kappa shape index (κ2) is 6.53. The molecule has 1 unspecified atom stereocenters. The smallest absolute Gasteiger partial charge is 0.224 e. The Kier molecular flexibility index (Phi) is 5.01. The molecule has 0 radical (unpaired) electrons. The van der Waals surface area contributed by atoms with Crippen LogP contribution in [0.1, 0.15) is 51.4 Å². The minimum absolute atomic E-state index is 0.0909. The number of amides is 1. The topological polar surface area (TPSA) is 61.4 Å². The Morgan fingerprint density at radius 1 is 1.22 bits per heavy atom. The molecule has 1 aliphatic heterocycles. The third-order valence-electron chi connectivity index (χ3n) is 4.29. The second-order valence-corrected chi connectivity index (χ2v) is 5.90. The molecule has 2 rings (SSSR count). The molecule has 3 N–H and O–H groups in total. The predicted octanol–water partition coefficient (Wildman–Crippen LogP) is 1.19. The summed E-state index contributed by atoms with van der Waals surface area (Å²) in [6.07, 6.45) is 8.28. The molecule has 18 heavy (non-hydrogen) atoms. The highest BCUT2D eigenvalue weighted by molar-refractivity contribution is 5.79. The van der Waals surface area contributed by atoms with E-state index in [-0.39, 0.29) is 11.8 Å². The molecule has 0 bridgehead atoms. The fraction of sp³-hybridized carbons (Fsp3) is 0.929. The van der Waals surface area contributed by atoms with Crippen molar-refractivity contribution in [2.75, 3.05) is 19.6 Å². The van der Waals surface area contributed by atoms with Gasteiger partial charge >= 0.3 is 0 Å². The molecular formula is C14H26N2O2. The lowest BCUT2D eigenvalue weighted by molar-refractivity contribution is -0.126. The van der Waals surface area contributed by atoms with Gasteiger partial charge in [-0.05, 0) is 32.2 Å². The van der Waals surface area contributed by atoms with Crippen LogP contribution < -0.4 is 10.6 Å². The van der Waals surface area contributed by atoms with E-state index in [1.165, 1.54) is 12.8 Å². The van der Waals surface area contributed by atoms with Crippen molar-refractivity contribution in [3.8, 4) is 0 Å². The highest BCUT2D eigenvalue weighted by Gasteiger charge is 2.29. The Balaban J connectivity index is 1.76. The average Bonchev–Trinajstić information content (AvgIpc) is 2.62. The summed E-state index contributed by atoms with van der Waals surface area (Å²) in [6, 6.07) is 0. The summed E-state index contributed by atoms with van der Waals surface area (Å²) in [5.74, 6) is 0.202. The van der Waals surface area contributed by atoms with Gasteiger partial charge in [-0.2, -0.15) is 0 Å². The van der Waals surface area contributed by atoms with Gasteiger partial charge in [0.05, 0.1) is 11.5 Å². The monoisotopic (exact) mass is 254 g/mol. The van der Waals surface area contributed by atoms with Crippen molar-refractivity contribution >= 4 is 5.91 Å². The van der Waals surface area contributed by atoms with Crippen LogP contribution in [0.5, 0.6) is 0 Å². The average molecular weight is 254 g/mol. The molecule has 1 saturated carbocycles. The van der Waals surface area contributed by atoms with E-state index >= 15 is 0 Å². The summed E-state index contributed by atoms with van der Waals surface area (Å²) < 4.78 is 0. The summed E-state index contributed by atoms with van der Waals surface area (Å²) in [6.45, 7) is 2.24. The molecule has 0 spiro atoms. The fourth-order valence-corrected chi connectivity index (χ4v) is 3.04. The SMILES string of the molecule is O=C(NCC1(O)CCCCCC1)C1CCCNC1. The lowest BCUT2D eigenvalue weighted by atomic mass is 9.93. The van der Waals surface area contributed by atoms with Gasteiger partial charge in [-0.25, -0.2) is 0 Å². The number of rotatable bonds is 3. The van der Waals surface area contributed by atoms with Crippen molar-refractivity contribution in [1.82, 2.24) is 10.6 Å². The molecule has 2 aliphatic rings. The van der Waals surface area contributed by atoms with E-state index < -0.39 is 5.60 Å². The Hall–Kier alpha value is -0.610. The molecule has 1 saturated heterocycles. The van der Waals surface area contributed by atoms with E-state index in [2.05, 4.69) is 10.6 Å². The number of nitrogens with one attached hydrogen (secondary N) is 2. The van der Waals surface area contributed by atoms with Crippen LogP contribution in [-0.4, -0.2) is 36.2 Å². The van der Waals surface area contributed by atoms with Crippen LogP contribution in [0, 0.1) is 5.92 Å². The van der Waals surface area contributed by atoms with Crippen LogP contribution >= 0.6 is 0 Å². The number of carbonyl (C=O) groups is 1. The molecule has 104 valence electrons. The number of hydrogen-bond acceptors (Lipinski definition) is 3. The van der Waals surface area contributed by atoms with Crippen LogP contribution in [-0.2, 0) is 4.79 Å². The van der Waals surface area contributed by atoms with Gasteiger partial charge in [0.25, 0.3) is 0 Å². The van der Waals surface area contributed by atoms with Crippen LogP contribution in [0.25, 0.3) is 0 Å². The summed E-state index contributed by atoms with van der Waals surface area (Å²) in [7, 11) is 0. The normalized spacial score (nSPS) is 28.4. The molecule has 1 atom stereocenters. The molecule has 4 nitrogen and oxygen atoms in total. The molecular weight excluding hydrogens is 228 g/mol. The Labute approximate surface area is 110 Å². The van der Waals surface area contributed by atoms with Crippen molar-refractivity contribution in [2.45, 2.75) is 57.0 Å². The lowest BCUT2D eigenvalue weighted by Gasteiger charge is -2.29. The Morgan fingerprint density at radius 3 is 2.56 bits per heavy atom. The molecule has 1 heterocycles. The Morgan fingerprint density at radius 2 is 1.94 bits per heavy atom. The van der Waals surface area contributed by atoms with E-state index in [4.69, 9.17) is 0 Å². The van der Waals surface area contributed by atoms with E-state index in [9.17, 15) is 9.90 Å². The van der Waals surface area contributed by atoms with Crippen molar-refractivity contribution in [2.24, 2.45) is 5.92 Å². The van der Waals surface area contributed by atoms with E-state index in [1.807, 2.05) is 0 Å². The highest BCUT2D eigenvalue weighted by Crippen LogP contribution is 2.26. The van der Waals surface area contributed by atoms with E-state index in [1.54, 1.807) is 0 Å². The largest absolute Gasteiger partial charge is 0.388 e. The minimum atomic E-state index is -0.658. The first-order valence-electron chi connectivity index (χ1n) is 7.40. The number of carbonyl (C=O) groups excluding carboxylic acids is 1. The zero-order valence-electron chi connectivity index (χ0n) is 11.2. The van der Waals surface area contributed by atoms with Crippen LogP contribution in [0.15, 0.2) is 0 Å². The zero-order valence-corrected chi connectivity index (χ0v) is 11.2. The minimum Gasteiger partial charge on any atom is -0.388 e. The highest BCUT2D eigenvalue weighted by atomic mass is 16.3. The van der Waals surface area contributed by atoms with Gasteiger partial charge < -0.3 is 15.7 Å². The summed E-state index contributed by atoms with van der Waals surface area (Å²) in [5.41, 5.74) is -0.658. The molecule has 4 heteroatoms. The van der Waals surface area contributed by atoms with Gasteiger partial charge in [0, 0.05) is 13.1 Å². The molecule has 0 aromatic rings. The van der Waals surface area contributed by atoms with E-state index in [0.717, 1.165) is 51.6 Å². The van der Waals surface area contributed by atoms with Crippen LogP contribution in [0.4, 0.5) is 0 Å². The second-order valence-electron chi connectivity index (χ2n) is 5.90. The number of aliphatic hydroxyl groups is 1. The van der Waals surface area contributed by atoms with Gasteiger partial charge in [0.2, 0.25) is 5.91 Å². The predicted molar refractivity (Wildman–Crippen MR) is 71.3 cm³/mol. The molecule has 1 amide bonds. The van der Waals surface area contributed by atoms with Gasteiger partial charge in [0.1, 0.15) is 0 Å². The van der Waals surface area contributed by atoms with Gasteiger partial charge in [0.15, 0.2) is 0 Å². The van der Waals surface area contributed by atoms with Gasteiger partial charge in [-0.15, -0.1) is 0 Å². The fourth-order valence-electron chi connectivity index (χ4n) is 3.04. The summed E-state index contributed by atoms with van der Waals surface area (Å²) >= 11 is 0. The van der Waals surface area contributed by atoms with Crippen molar-refractivity contribution in [3.05, 3.63) is 0 Å². The number of piperidine rings is 1. The first-order valence-corrected chi connectivity index (χ1v) is 7.40. The maximum atomic E-state index is 12.0. The molecule has 0 aromatic carbocycles. The van der Waals surface area contributed by atoms with Crippen molar-refractivity contribution in [3.63, 3.8) is 0 Å². The zero-order chi connectivity index (χ0) is 12.8. The van der Waals surface area contributed by atoms with Crippen molar-refractivity contribution < 1.29 is 9.90 Å². The maximum Gasteiger partial charge on any atom is 0.224 e. The number of hydrogen-bond donors (Lipinski definition) is 3. The van der Waals surface area contributed by atoms with Crippen molar-refractivity contribution in [1.29, 1.82) is 0 Å². The first-order chi connectivity index (χ1) is 8.70. The van der Waals surface area contributed by atoms with E-state index in [0.29, 0.717) is 6.54 Å². The lowest BCUT2D eigenvalue weighted by Crippen LogP contribution is -2.47. The standard InChI is InChI=1S/C14H26N2O2/c17-13(12-6-5-9-15-10-12)16-11-14(18)7-3-1-2-4-8-14/h12,15,18H,1-11H2,(H,16,17).